The zero-order chi connectivity index (χ0) is 33.1. The first kappa shape index (κ1) is 38.8. The summed E-state index contributed by atoms with van der Waals surface area (Å²) in [7, 11) is 4.07. The molecule has 242 valence electrons. The maximum Gasteiger partial charge on any atom is 0.490 e. The molecule has 19 heteroatoms. The Morgan fingerprint density at radius 3 is 1.76 bits per heavy atom. The maximum absolute atomic E-state index is 10.6. The number of carboxylic acids is 3. The number of aromatic nitrogens is 1. The van der Waals surface area contributed by atoms with Crippen molar-refractivity contribution < 1.29 is 74.0 Å². The third-order valence-electron chi connectivity index (χ3n) is 5.87. The van der Waals surface area contributed by atoms with Gasteiger partial charge in [0.05, 0.1) is 12.3 Å². The molecule has 2 aliphatic heterocycles. The Morgan fingerprint density at radius 2 is 1.38 bits per heavy atom. The van der Waals surface area contributed by atoms with Gasteiger partial charge in [0.1, 0.15) is 0 Å². The van der Waals surface area contributed by atoms with Crippen molar-refractivity contribution in [2.75, 3.05) is 46.9 Å². The summed E-state index contributed by atoms with van der Waals surface area (Å²) in [6, 6.07) is 6.32. The zero-order valence-corrected chi connectivity index (χ0v) is 22.5. The van der Waals surface area contributed by atoms with Crippen LogP contribution in [0.2, 0.25) is 0 Å². The second-order valence-electron chi connectivity index (χ2n) is 9.35. The Balaban J connectivity index is 0.000000660. The lowest BCUT2D eigenvalue weighted by atomic mass is 9.78. The summed E-state index contributed by atoms with van der Waals surface area (Å²) in [5, 5.41) is 21.4. The van der Waals surface area contributed by atoms with Crippen molar-refractivity contribution in [3.05, 3.63) is 29.6 Å². The normalized spacial score (nSPS) is 20.9. The van der Waals surface area contributed by atoms with Crippen molar-refractivity contribution in [2.24, 2.45) is 11.3 Å². The molecule has 3 rings (SSSR count). The number of methoxy groups -OCH3 is 1. The van der Waals surface area contributed by atoms with Gasteiger partial charge in [0.25, 0.3) is 0 Å². The van der Waals surface area contributed by atoms with Crippen LogP contribution in [0.4, 0.5) is 39.5 Å². The monoisotopic (exact) mass is 631 g/mol. The van der Waals surface area contributed by atoms with Crippen LogP contribution in [0.1, 0.15) is 17.8 Å². The number of ether oxygens (including phenoxy) is 1. The third kappa shape index (κ3) is 14.1. The van der Waals surface area contributed by atoms with Gasteiger partial charge in [-0.2, -0.15) is 39.5 Å². The molecule has 0 unspecified atom stereocenters. The number of halogens is 9. The minimum absolute atomic E-state index is 0.425. The lowest BCUT2D eigenvalue weighted by Crippen LogP contribution is -2.36. The molecule has 2 atom stereocenters. The van der Waals surface area contributed by atoms with Crippen LogP contribution in [0.15, 0.2) is 18.2 Å². The number of hydrogen-bond donors (Lipinski definition) is 3. The first-order valence-corrected chi connectivity index (χ1v) is 11.7. The number of alkyl halides is 9. The Bertz CT molecular complexity index is 979. The molecule has 1 spiro atoms. The zero-order valence-electron chi connectivity index (χ0n) is 22.5. The number of likely N-dealkylation sites (tertiary alicyclic amines) is 2. The molecule has 0 amide bonds. The number of carboxylic acid groups (broad SMARTS) is 3. The van der Waals surface area contributed by atoms with Crippen LogP contribution < -0.4 is 0 Å². The Morgan fingerprint density at radius 1 is 0.929 bits per heavy atom. The van der Waals surface area contributed by atoms with Crippen LogP contribution in [-0.2, 0) is 25.7 Å². The van der Waals surface area contributed by atoms with E-state index in [1.54, 1.807) is 0 Å². The molecule has 3 heterocycles. The third-order valence-corrected chi connectivity index (χ3v) is 5.87. The van der Waals surface area contributed by atoms with E-state index in [9.17, 15) is 39.5 Å². The van der Waals surface area contributed by atoms with Crippen molar-refractivity contribution in [1.82, 2.24) is 14.8 Å². The standard InChI is InChI=1S/C17H27N3O.3C2HF3O2/c1-14-5-4-6-16(18-14)10-20-8-7-17(13-20)12-19(2)9-15(17)11-21-3;3*3-2(4,5)1(6)7/h4-6,15H,7-13H2,1-3H3;3*(H,6,7)/t15-,17-;;;/m1.../s1. The van der Waals surface area contributed by atoms with Crippen LogP contribution >= 0.6 is 0 Å². The molecule has 0 aromatic carbocycles. The molecular formula is C23H30F9N3O7. The number of hydrogen-bond acceptors (Lipinski definition) is 7. The molecular weight excluding hydrogens is 601 g/mol. The van der Waals surface area contributed by atoms with Crippen LogP contribution in [0, 0.1) is 18.3 Å². The molecule has 0 bridgehead atoms. The summed E-state index contributed by atoms with van der Waals surface area (Å²) in [4.78, 5) is 36.4. The molecule has 10 nitrogen and oxygen atoms in total. The van der Waals surface area contributed by atoms with Crippen LogP contribution in [-0.4, -0.2) is 113 Å². The maximum atomic E-state index is 10.6. The highest BCUT2D eigenvalue weighted by Gasteiger charge is 2.49. The van der Waals surface area contributed by atoms with Gasteiger partial charge in [-0.05, 0) is 39.1 Å². The summed E-state index contributed by atoms with van der Waals surface area (Å²) in [5.74, 6) is -7.60. The average molecular weight is 631 g/mol. The number of carbonyl (C=O) groups is 3. The summed E-state index contributed by atoms with van der Waals surface area (Å²) < 4.78 is 101. The molecule has 0 saturated carbocycles. The molecule has 0 aliphatic carbocycles. The average Bonchev–Trinajstić information content (AvgIpc) is 3.35. The SMILES string of the molecule is COC[C@H]1CN(C)C[C@@]12CCN(Cc1cccc(C)n1)C2.O=C(O)C(F)(F)F.O=C(O)C(F)(F)F.O=C(O)C(F)(F)F. The molecule has 2 fully saturated rings. The number of pyridine rings is 1. The Labute approximate surface area is 233 Å². The fourth-order valence-corrected chi connectivity index (χ4v) is 4.23. The van der Waals surface area contributed by atoms with Crippen molar-refractivity contribution in [3.8, 4) is 0 Å². The smallest absolute Gasteiger partial charge is 0.475 e. The van der Waals surface area contributed by atoms with Gasteiger partial charge in [0.2, 0.25) is 0 Å². The van der Waals surface area contributed by atoms with Gasteiger partial charge in [0, 0.05) is 50.3 Å². The van der Waals surface area contributed by atoms with Crippen molar-refractivity contribution in [3.63, 3.8) is 0 Å². The van der Waals surface area contributed by atoms with E-state index in [0.717, 1.165) is 18.8 Å². The minimum Gasteiger partial charge on any atom is -0.475 e. The van der Waals surface area contributed by atoms with Gasteiger partial charge in [-0.25, -0.2) is 14.4 Å². The van der Waals surface area contributed by atoms with Gasteiger partial charge in [-0.3, -0.25) is 9.88 Å². The highest BCUT2D eigenvalue weighted by atomic mass is 19.4. The number of aliphatic carboxylic acids is 3. The minimum atomic E-state index is -5.08. The first-order chi connectivity index (χ1) is 18.9. The van der Waals surface area contributed by atoms with Crippen LogP contribution in [0.25, 0.3) is 0 Å². The van der Waals surface area contributed by atoms with Crippen molar-refractivity contribution in [1.29, 1.82) is 0 Å². The van der Waals surface area contributed by atoms with Gasteiger partial charge < -0.3 is 25.0 Å². The van der Waals surface area contributed by atoms with E-state index >= 15 is 0 Å². The van der Waals surface area contributed by atoms with Gasteiger partial charge in [-0.15, -0.1) is 0 Å². The molecule has 1 aromatic rings. The first-order valence-electron chi connectivity index (χ1n) is 11.7. The fraction of sp³-hybridized carbons (Fsp3) is 0.652. The summed E-state index contributed by atoms with van der Waals surface area (Å²) in [6.45, 7) is 8.68. The highest BCUT2D eigenvalue weighted by Crippen LogP contribution is 2.43. The topological polar surface area (TPSA) is 140 Å². The van der Waals surface area contributed by atoms with E-state index in [0.29, 0.717) is 11.3 Å². The second-order valence-corrected chi connectivity index (χ2v) is 9.35. The Kier molecular flexibility index (Phi) is 14.7. The fourth-order valence-electron chi connectivity index (χ4n) is 4.23. The molecule has 2 saturated heterocycles. The van der Waals surface area contributed by atoms with Crippen LogP contribution in [0.3, 0.4) is 0 Å². The molecule has 42 heavy (non-hydrogen) atoms. The largest absolute Gasteiger partial charge is 0.490 e. The summed E-state index contributed by atoms with van der Waals surface area (Å²) in [6.07, 6.45) is -14.0. The second kappa shape index (κ2) is 15.9. The molecule has 3 N–H and O–H groups in total. The van der Waals surface area contributed by atoms with E-state index in [-0.39, 0.29) is 0 Å². The van der Waals surface area contributed by atoms with Gasteiger partial charge in [0.15, 0.2) is 0 Å². The Hall–Kier alpha value is -3.19. The predicted molar refractivity (Wildman–Crippen MR) is 125 cm³/mol. The van der Waals surface area contributed by atoms with E-state index < -0.39 is 36.4 Å². The quantitative estimate of drug-likeness (QED) is 0.422. The van der Waals surface area contributed by atoms with E-state index in [1.807, 2.05) is 7.11 Å². The van der Waals surface area contributed by atoms with Crippen molar-refractivity contribution >= 4 is 17.9 Å². The van der Waals surface area contributed by atoms with Crippen molar-refractivity contribution in [2.45, 2.75) is 38.4 Å². The van der Waals surface area contributed by atoms with E-state index in [4.69, 9.17) is 34.4 Å². The van der Waals surface area contributed by atoms with E-state index in [2.05, 4.69) is 47.0 Å². The number of rotatable bonds is 4. The lowest BCUT2D eigenvalue weighted by molar-refractivity contribution is -0.193. The molecule has 2 aliphatic rings. The van der Waals surface area contributed by atoms with Gasteiger partial charge >= 0.3 is 36.4 Å². The molecule has 0 radical (unpaired) electrons. The van der Waals surface area contributed by atoms with Crippen LogP contribution in [0.5, 0.6) is 0 Å². The molecule has 1 aromatic heterocycles. The predicted octanol–water partition coefficient (Wildman–Crippen LogP) is 3.69. The summed E-state index contributed by atoms with van der Waals surface area (Å²) in [5.41, 5.74) is 2.73. The lowest BCUT2D eigenvalue weighted by Gasteiger charge is -2.30. The summed E-state index contributed by atoms with van der Waals surface area (Å²) >= 11 is 0. The number of nitrogens with zero attached hydrogens (tertiary/aromatic N) is 3. The number of aryl methyl sites for hydroxylation is 1. The van der Waals surface area contributed by atoms with E-state index in [1.165, 1.54) is 38.3 Å². The highest BCUT2D eigenvalue weighted by molar-refractivity contribution is 5.73. The van der Waals surface area contributed by atoms with Gasteiger partial charge in [-0.1, -0.05) is 6.07 Å².